The second-order valence-electron chi connectivity index (χ2n) is 4.33. The lowest BCUT2D eigenvalue weighted by Gasteiger charge is -2.06. The summed E-state index contributed by atoms with van der Waals surface area (Å²) >= 11 is 5.82. The highest BCUT2D eigenvalue weighted by Crippen LogP contribution is 2.16. The van der Waals surface area contributed by atoms with E-state index in [1.54, 1.807) is 6.20 Å². The maximum Gasteiger partial charge on any atom is 0.224 e. The largest absolute Gasteiger partial charge is 0.330 e. The van der Waals surface area contributed by atoms with E-state index in [0.717, 1.165) is 37.8 Å². The molecule has 0 aliphatic carbocycles. The number of nitrogens with zero attached hydrogens (tertiary/aromatic N) is 1. The van der Waals surface area contributed by atoms with Crippen LogP contribution in [-0.4, -0.2) is 17.4 Å². The second kappa shape index (κ2) is 8.06. The highest BCUT2D eigenvalue weighted by Gasteiger charge is 2.04. The first-order valence-corrected chi connectivity index (χ1v) is 6.63. The molecular weight excluding hydrogens is 250 g/mol. The van der Waals surface area contributed by atoms with Crippen LogP contribution in [0.5, 0.6) is 0 Å². The molecule has 0 radical (unpaired) electrons. The first kappa shape index (κ1) is 14.9. The van der Waals surface area contributed by atoms with Gasteiger partial charge in [0.1, 0.15) is 5.15 Å². The van der Waals surface area contributed by atoms with E-state index in [4.69, 9.17) is 17.3 Å². The number of hydrogen-bond acceptors (Lipinski definition) is 3. The Balaban J connectivity index is 2.29. The summed E-state index contributed by atoms with van der Waals surface area (Å²) < 4.78 is 0. The Morgan fingerprint density at radius 1 is 1.39 bits per heavy atom. The van der Waals surface area contributed by atoms with Crippen molar-refractivity contribution in [3.63, 3.8) is 0 Å². The minimum Gasteiger partial charge on any atom is -0.330 e. The van der Waals surface area contributed by atoms with Gasteiger partial charge in [-0.25, -0.2) is 4.98 Å². The lowest BCUT2D eigenvalue weighted by atomic mass is 10.1. The van der Waals surface area contributed by atoms with Gasteiger partial charge in [-0.05, 0) is 37.9 Å². The van der Waals surface area contributed by atoms with Crippen LogP contribution in [0.25, 0.3) is 0 Å². The lowest BCUT2D eigenvalue weighted by molar-refractivity contribution is -0.116. The highest BCUT2D eigenvalue weighted by atomic mass is 35.5. The van der Waals surface area contributed by atoms with Gasteiger partial charge in [-0.1, -0.05) is 24.4 Å². The Morgan fingerprint density at radius 3 is 2.78 bits per heavy atom. The number of anilines is 1. The molecular formula is C13H20ClN3O. The van der Waals surface area contributed by atoms with Crippen LogP contribution >= 0.6 is 11.6 Å². The van der Waals surface area contributed by atoms with Crippen molar-refractivity contribution in [2.45, 2.75) is 39.0 Å². The SMILES string of the molecule is Cc1cc(NC(=O)CCCCCCN)cnc1Cl. The third-order valence-corrected chi connectivity index (χ3v) is 3.05. The number of aromatic nitrogens is 1. The molecule has 1 heterocycles. The molecule has 1 rings (SSSR count). The number of aryl methyl sites for hydroxylation is 1. The Kier molecular flexibility index (Phi) is 6.68. The van der Waals surface area contributed by atoms with E-state index in [1.807, 2.05) is 13.0 Å². The van der Waals surface area contributed by atoms with Crippen LogP contribution in [0.3, 0.4) is 0 Å². The van der Waals surface area contributed by atoms with E-state index in [0.29, 0.717) is 17.3 Å². The Bertz CT molecular complexity index is 396. The molecule has 0 bridgehead atoms. The minimum atomic E-state index is 0.0197. The summed E-state index contributed by atoms with van der Waals surface area (Å²) in [6.07, 6.45) is 6.16. The van der Waals surface area contributed by atoms with Gasteiger partial charge in [-0.15, -0.1) is 0 Å². The van der Waals surface area contributed by atoms with Crippen LogP contribution in [0.15, 0.2) is 12.3 Å². The van der Waals surface area contributed by atoms with E-state index in [9.17, 15) is 4.79 Å². The van der Waals surface area contributed by atoms with Gasteiger partial charge in [0.2, 0.25) is 5.91 Å². The maximum absolute atomic E-state index is 11.6. The Labute approximate surface area is 113 Å². The molecule has 100 valence electrons. The molecule has 1 amide bonds. The molecule has 0 unspecified atom stereocenters. The lowest BCUT2D eigenvalue weighted by Crippen LogP contribution is -2.11. The molecule has 0 atom stereocenters. The van der Waals surface area contributed by atoms with E-state index >= 15 is 0 Å². The maximum atomic E-state index is 11.6. The van der Waals surface area contributed by atoms with Crippen molar-refractivity contribution in [1.82, 2.24) is 4.98 Å². The van der Waals surface area contributed by atoms with Gasteiger partial charge >= 0.3 is 0 Å². The molecule has 5 heteroatoms. The van der Waals surface area contributed by atoms with Crippen molar-refractivity contribution in [2.24, 2.45) is 5.73 Å². The molecule has 1 aromatic rings. The molecule has 0 aliphatic heterocycles. The molecule has 0 saturated heterocycles. The van der Waals surface area contributed by atoms with Gasteiger partial charge < -0.3 is 11.1 Å². The third kappa shape index (κ3) is 5.47. The van der Waals surface area contributed by atoms with E-state index in [1.165, 1.54) is 0 Å². The van der Waals surface area contributed by atoms with Gasteiger partial charge in [0.25, 0.3) is 0 Å². The molecule has 4 nitrogen and oxygen atoms in total. The molecule has 3 N–H and O–H groups in total. The van der Waals surface area contributed by atoms with Gasteiger partial charge in [-0.3, -0.25) is 4.79 Å². The van der Waals surface area contributed by atoms with Crippen molar-refractivity contribution in [1.29, 1.82) is 0 Å². The van der Waals surface area contributed by atoms with Crippen molar-refractivity contribution >= 4 is 23.2 Å². The number of carbonyl (C=O) groups excluding carboxylic acids is 1. The standard InChI is InChI=1S/C13H20ClN3O/c1-10-8-11(9-16-13(10)14)17-12(18)6-4-2-3-5-7-15/h8-9H,2-7,15H2,1H3,(H,17,18). The molecule has 1 aromatic heterocycles. The van der Waals surface area contributed by atoms with Gasteiger partial charge in [-0.2, -0.15) is 0 Å². The van der Waals surface area contributed by atoms with E-state index < -0.39 is 0 Å². The number of pyridine rings is 1. The summed E-state index contributed by atoms with van der Waals surface area (Å²) in [5, 5.41) is 3.28. The predicted molar refractivity (Wildman–Crippen MR) is 74.8 cm³/mol. The number of nitrogens with two attached hydrogens (primary N) is 1. The van der Waals surface area contributed by atoms with Crippen LogP contribution in [0, 0.1) is 6.92 Å². The first-order chi connectivity index (χ1) is 8.63. The second-order valence-corrected chi connectivity index (χ2v) is 4.69. The number of rotatable bonds is 7. The monoisotopic (exact) mass is 269 g/mol. The fraction of sp³-hybridized carbons (Fsp3) is 0.538. The quantitative estimate of drug-likeness (QED) is 0.591. The molecule has 0 aromatic carbocycles. The van der Waals surface area contributed by atoms with Crippen molar-refractivity contribution < 1.29 is 4.79 Å². The molecule has 18 heavy (non-hydrogen) atoms. The highest BCUT2D eigenvalue weighted by molar-refractivity contribution is 6.30. The summed E-state index contributed by atoms with van der Waals surface area (Å²) in [6.45, 7) is 2.58. The number of carbonyl (C=O) groups is 1. The number of hydrogen-bond donors (Lipinski definition) is 2. The van der Waals surface area contributed by atoms with E-state index in [2.05, 4.69) is 10.3 Å². The number of nitrogens with one attached hydrogen (secondary N) is 1. The molecule has 0 aliphatic rings. The predicted octanol–water partition coefficient (Wildman–Crippen LogP) is 2.89. The number of unbranched alkanes of at least 4 members (excludes halogenated alkanes) is 3. The fourth-order valence-electron chi connectivity index (χ4n) is 1.63. The summed E-state index contributed by atoms with van der Waals surface area (Å²) in [5.74, 6) is 0.0197. The summed E-state index contributed by atoms with van der Waals surface area (Å²) in [6, 6.07) is 1.82. The molecule has 0 fully saturated rings. The van der Waals surface area contributed by atoms with Crippen LogP contribution in [-0.2, 0) is 4.79 Å². The minimum absolute atomic E-state index is 0.0197. The van der Waals surface area contributed by atoms with Crippen molar-refractivity contribution in [3.8, 4) is 0 Å². The fourth-order valence-corrected chi connectivity index (χ4v) is 1.74. The van der Waals surface area contributed by atoms with Crippen LogP contribution in [0.4, 0.5) is 5.69 Å². The summed E-state index contributed by atoms with van der Waals surface area (Å²) in [7, 11) is 0. The van der Waals surface area contributed by atoms with E-state index in [-0.39, 0.29) is 5.91 Å². The number of amides is 1. The average molecular weight is 270 g/mol. The number of halogens is 1. The Morgan fingerprint density at radius 2 is 2.11 bits per heavy atom. The topological polar surface area (TPSA) is 68.0 Å². The smallest absolute Gasteiger partial charge is 0.224 e. The Hall–Kier alpha value is -1.13. The summed E-state index contributed by atoms with van der Waals surface area (Å²) in [4.78, 5) is 15.6. The van der Waals surface area contributed by atoms with Crippen LogP contribution in [0.2, 0.25) is 5.15 Å². The normalized spacial score (nSPS) is 10.4. The zero-order chi connectivity index (χ0) is 13.4. The van der Waals surface area contributed by atoms with Crippen molar-refractivity contribution in [3.05, 3.63) is 23.0 Å². The van der Waals surface area contributed by atoms with Crippen LogP contribution in [0.1, 0.15) is 37.7 Å². The molecule has 0 saturated carbocycles. The first-order valence-electron chi connectivity index (χ1n) is 6.25. The summed E-state index contributed by atoms with van der Waals surface area (Å²) in [5.41, 5.74) is 6.96. The zero-order valence-electron chi connectivity index (χ0n) is 10.7. The van der Waals surface area contributed by atoms with Gasteiger partial charge in [0, 0.05) is 6.42 Å². The molecule has 0 spiro atoms. The zero-order valence-corrected chi connectivity index (χ0v) is 11.5. The van der Waals surface area contributed by atoms with Crippen molar-refractivity contribution in [2.75, 3.05) is 11.9 Å². The van der Waals surface area contributed by atoms with Crippen LogP contribution < -0.4 is 11.1 Å². The van der Waals surface area contributed by atoms with Gasteiger partial charge in [0.05, 0.1) is 11.9 Å². The third-order valence-electron chi connectivity index (χ3n) is 2.66. The van der Waals surface area contributed by atoms with Gasteiger partial charge in [0.15, 0.2) is 0 Å². The average Bonchev–Trinajstić information content (AvgIpc) is 2.34.